The Balaban J connectivity index is 0.00000342. The van der Waals surface area contributed by atoms with Crippen LogP contribution in [0.1, 0.15) is 38.7 Å². The summed E-state index contributed by atoms with van der Waals surface area (Å²) in [4.78, 5) is 31.1. The first-order valence-electron chi connectivity index (χ1n) is 11.5. The van der Waals surface area contributed by atoms with Gasteiger partial charge in [0.05, 0.1) is 29.9 Å². The Labute approximate surface area is 226 Å². The van der Waals surface area contributed by atoms with Crippen LogP contribution < -0.4 is 16.4 Å². The fourth-order valence-electron chi connectivity index (χ4n) is 4.17. The third-order valence-electron chi connectivity index (χ3n) is 5.86. The summed E-state index contributed by atoms with van der Waals surface area (Å²) in [5.41, 5.74) is 9.10. The standard InChI is InChI=1S/C25H30N4O4S.HI/c1-14(2)11-19(25(32)29-16-9-10-33-20(16)13-23(30)31)28-24(26)15-7-8-22-18(12-15)27-17-5-3-4-6-21(17)34-22;/h3-8,12,14,16,19-20,27H,9-11,13H2,1-2H3,(H2,26,28)(H,29,32)(H,30,31);1H/t16-,19-,20?;/m0./s1. The molecule has 4 rings (SSSR count). The van der Waals surface area contributed by atoms with Crippen molar-refractivity contribution >= 4 is 64.8 Å². The van der Waals surface area contributed by atoms with E-state index in [1.54, 1.807) is 11.8 Å². The molecule has 2 aliphatic heterocycles. The lowest BCUT2D eigenvalue weighted by atomic mass is 10.0. The van der Waals surface area contributed by atoms with E-state index in [9.17, 15) is 9.59 Å². The van der Waals surface area contributed by atoms with Crippen LogP contribution in [0.3, 0.4) is 0 Å². The van der Waals surface area contributed by atoms with Crippen LogP contribution in [0.5, 0.6) is 0 Å². The van der Waals surface area contributed by atoms with Gasteiger partial charge in [0.1, 0.15) is 11.9 Å². The molecular weight excluding hydrogens is 579 g/mol. The lowest BCUT2D eigenvalue weighted by Crippen LogP contribution is -2.46. The molecule has 0 aliphatic carbocycles. The number of carbonyl (C=O) groups is 2. The number of carboxylic acids is 1. The van der Waals surface area contributed by atoms with Gasteiger partial charge in [-0.15, -0.1) is 24.0 Å². The highest BCUT2D eigenvalue weighted by Crippen LogP contribution is 2.44. The van der Waals surface area contributed by atoms with E-state index in [0.717, 1.165) is 26.7 Å². The van der Waals surface area contributed by atoms with Crippen LogP contribution >= 0.6 is 35.7 Å². The molecule has 8 nitrogen and oxygen atoms in total. The third kappa shape index (κ3) is 6.89. The summed E-state index contributed by atoms with van der Waals surface area (Å²) in [6.45, 7) is 4.47. The minimum absolute atomic E-state index is 0. The SMILES string of the molecule is CC(C)C[C@H](N=C(N)c1ccc2c(c1)Nc1ccccc1S2)C(=O)N[C@H]1CCOC1CC(=O)O.I. The zero-order valence-electron chi connectivity index (χ0n) is 19.7. The number of amides is 1. The maximum absolute atomic E-state index is 13.1. The average molecular weight is 611 g/mol. The Morgan fingerprint density at radius 2 is 1.97 bits per heavy atom. The van der Waals surface area contributed by atoms with Crippen LogP contribution in [-0.4, -0.2) is 47.6 Å². The molecule has 5 N–H and O–H groups in total. The smallest absolute Gasteiger partial charge is 0.306 e. The van der Waals surface area contributed by atoms with E-state index in [1.165, 1.54) is 0 Å². The summed E-state index contributed by atoms with van der Waals surface area (Å²) in [6, 6.07) is 13.0. The Kier molecular flexibility index (Phi) is 9.42. The summed E-state index contributed by atoms with van der Waals surface area (Å²) < 4.78 is 5.50. The zero-order chi connectivity index (χ0) is 24.2. The third-order valence-corrected chi connectivity index (χ3v) is 7.01. The average Bonchev–Trinajstić information content (AvgIpc) is 3.22. The van der Waals surface area contributed by atoms with Crippen molar-refractivity contribution < 1.29 is 19.4 Å². The second-order valence-corrected chi connectivity index (χ2v) is 10.1. The van der Waals surface area contributed by atoms with Gasteiger partial charge in [0.2, 0.25) is 5.91 Å². The zero-order valence-corrected chi connectivity index (χ0v) is 22.8. The number of ether oxygens (including phenoxy) is 1. The minimum Gasteiger partial charge on any atom is -0.481 e. The Morgan fingerprint density at radius 1 is 1.23 bits per heavy atom. The monoisotopic (exact) mass is 610 g/mol. The highest BCUT2D eigenvalue weighted by Gasteiger charge is 2.33. The lowest BCUT2D eigenvalue weighted by molar-refractivity contribution is -0.140. The molecule has 10 heteroatoms. The lowest BCUT2D eigenvalue weighted by Gasteiger charge is -2.23. The van der Waals surface area contributed by atoms with E-state index < -0.39 is 18.1 Å². The van der Waals surface area contributed by atoms with E-state index in [1.807, 2.05) is 50.2 Å². The van der Waals surface area contributed by atoms with Gasteiger partial charge in [0.15, 0.2) is 0 Å². The van der Waals surface area contributed by atoms with Crippen molar-refractivity contribution in [3.63, 3.8) is 0 Å². The van der Waals surface area contributed by atoms with Crippen LogP contribution in [0.25, 0.3) is 0 Å². The molecule has 0 radical (unpaired) electrons. The number of rotatable bonds is 8. The van der Waals surface area contributed by atoms with Crippen molar-refractivity contribution in [2.75, 3.05) is 11.9 Å². The number of amidine groups is 1. The van der Waals surface area contributed by atoms with Gasteiger partial charge in [0, 0.05) is 22.0 Å². The molecular formula is C25H31IN4O4S. The van der Waals surface area contributed by atoms with Crippen LogP contribution in [0, 0.1) is 5.92 Å². The quantitative estimate of drug-likeness (QED) is 0.170. The molecule has 1 amide bonds. The van der Waals surface area contributed by atoms with Crippen molar-refractivity contribution in [1.29, 1.82) is 0 Å². The van der Waals surface area contributed by atoms with E-state index in [4.69, 9.17) is 15.6 Å². The van der Waals surface area contributed by atoms with Gasteiger partial charge in [-0.25, -0.2) is 0 Å². The summed E-state index contributed by atoms with van der Waals surface area (Å²) in [5.74, 6) is -0.698. The molecule has 0 spiro atoms. The molecule has 1 fully saturated rings. The molecule has 0 aromatic heterocycles. The maximum atomic E-state index is 13.1. The number of hydrogen-bond acceptors (Lipinski definition) is 6. The molecule has 0 saturated carbocycles. The Bertz CT molecular complexity index is 1110. The predicted molar refractivity (Wildman–Crippen MR) is 148 cm³/mol. The van der Waals surface area contributed by atoms with Gasteiger partial charge in [-0.2, -0.15) is 0 Å². The van der Waals surface area contributed by atoms with Gasteiger partial charge in [-0.1, -0.05) is 43.8 Å². The number of benzene rings is 2. The Morgan fingerprint density at radius 3 is 2.71 bits per heavy atom. The first kappa shape index (κ1) is 27.3. The first-order chi connectivity index (χ1) is 16.3. The first-order valence-corrected chi connectivity index (χ1v) is 12.3. The van der Waals surface area contributed by atoms with Crippen molar-refractivity contribution in [1.82, 2.24) is 5.32 Å². The highest BCUT2D eigenvalue weighted by atomic mass is 127. The normalized spacial score (nSPS) is 19.7. The van der Waals surface area contributed by atoms with Gasteiger partial charge in [-0.05, 0) is 43.0 Å². The number of nitrogens with one attached hydrogen (secondary N) is 2. The number of nitrogens with zero attached hydrogens (tertiary/aromatic N) is 1. The van der Waals surface area contributed by atoms with E-state index in [-0.39, 0.29) is 48.3 Å². The van der Waals surface area contributed by atoms with Crippen LogP contribution in [0.4, 0.5) is 11.4 Å². The molecule has 188 valence electrons. The molecule has 1 saturated heterocycles. The van der Waals surface area contributed by atoms with Gasteiger partial charge < -0.3 is 26.2 Å². The number of anilines is 2. The number of halogens is 1. The fraction of sp³-hybridized carbons (Fsp3) is 0.400. The van der Waals surface area contributed by atoms with Gasteiger partial charge in [0.25, 0.3) is 0 Å². The number of aliphatic imine (C=N–C) groups is 1. The summed E-state index contributed by atoms with van der Waals surface area (Å²) in [5, 5.41) is 15.5. The van der Waals surface area contributed by atoms with Crippen molar-refractivity contribution in [3.8, 4) is 0 Å². The molecule has 2 aromatic carbocycles. The minimum atomic E-state index is -0.950. The molecule has 2 aliphatic rings. The molecule has 1 unspecified atom stereocenters. The van der Waals surface area contributed by atoms with E-state index in [2.05, 4.69) is 21.7 Å². The van der Waals surface area contributed by atoms with Crippen LogP contribution in [0.2, 0.25) is 0 Å². The summed E-state index contributed by atoms with van der Waals surface area (Å²) in [7, 11) is 0. The largest absolute Gasteiger partial charge is 0.481 e. The molecule has 2 heterocycles. The predicted octanol–water partition coefficient (Wildman–Crippen LogP) is 4.38. The molecule has 0 bridgehead atoms. The number of hydrogen-bond donors (Lipinski definition) is 4. The maximum Gasteiger partial charge on any atom is 0.306 e. The van der Waals surface area contributed by atoms with Crippen molar-refractivity contribution in [2.45, 2.75) is 61.1 Å². The number of carbonyl (C=O) groups excluding carboxylic acids is 1. The summed E-state index contributed by atoms with van der Waals surface area (Å²) >= 11 is 1.69. The topological polar surface area (TPSA) is 126 Å². The number of para-hydroxylation sites is 1. The molecule has 35 heavy (non-hydrogen) atoms. The van der Waals surface area contributed by atoms with E-state index in [0.29, 0.717) is 25.3 Å². The van der Waals surface area contributed by atoms with Crippen molar-refractivity contribution in [2.24, 2.45) is 16.6 Å². The number of fused-ring (bicyclic) bond motifs is 2. The molecule has 2 aromatic rings. The van der Waals surface area contributed by atoms with Crippen molar-refractivity contribution in [3.05, 3.63) is 48.0 Å². The number of nitrogens with two attached hydrogens (primary N) is 1. The number of aliphatic carboxylic acids is 1. The van der Waals surface area contributed by atoms with Gasteiger partial charge >= 0.3 is 5.97 Å². The van der Waals surface area contributed by atoms with Crippen LogP contribution in [0.15, 0.2) is 57.2 Å². The van der Waals surface area contributed by atoms with E-state index >= 15 is 0 Å². The highest BCUT2D eigenvalue weighted by molar-refractivity contribution is 14.0. The molecule has 3 atom stereocenters. The fourth-order valence-corrected chi connectivity index (χ4v) is 5.14. The second kappa shape index (κ2) is 12.1. The summed E-state index contributed by atoms with van der Waals surface area (Å²) in [6.07, 6.45) is 0.423. The Hall–Kier alpha value is -2.31. The van der Waals surface area contributed by atoms with Crippen LogP contribution in [-0.2, 0) is 14.3 Å². The second-order valence-electron chi connectivity index (χ2n) is 9.00. The number of carboxylic acid groups (broad SMARTS) is 1. The van der Waals surface area contributed by atoms with Gasteiger partial charge in [-0.3, -0.25) is 14.6 Å².